The van der Waals surface area contributed by atoms with Crippen molar-refractivity contribution in [1.82, 2.24) is 9.97 Å². The van der Waals surface area contributed by atoms with Gasteiger partial charge in [0.1, 0.15) is 24.2 Å². The second kappa shape index (κ2) is 8.82. The molecule has 36 heavy (non-hydrogen) atoms. The van der Waals surface area contributed by atoms with Gasteiger partial charge < -0.3 is 20.5 Å². The van der Waals surface area contributed by atoms with E-state index in [2.05, 4.69) is 26.7 Å². The normalized spacial score (nSPS) is 18.8. The van der Waals surface area contributed by atoms with Crippen molar-refractivity contribution >= 4 is 34.1 Å². The molecule has 1 amide bonds. The van der Waals surface area contributed by atoms with E-state index >= 15 is 4.39 Å². The highest BCUT2D eigenvalue weighted by Crippen LogP contribution is 2.43. The molecule has 0 radical (unpaired) electrons. The maximum absolute atomic E-state index is 15.3. The summed E-state index contributed by atoms with van der Waals surface area (Å²) in [7, 11) is 0. The third-order valence-corrected chi connectivity index (χ3v) is 7.14. The van der Waals surface area contributed by atoms with Crippen LogP contribution in [0.15, 0.2) is 24.5 Å². The number of nitrogens with one attached hydrogen (secondary N) is 2. The highest BCUT2D eigenvalue weighted by molar-refractivity contribution is 5.99. The van der Waals surface area contributed by atoms with Gasteiger partial charge in [-0.15, -0.1) is 0 Å². The minimum absolute atomic E-state index is 0.0360. The molecule has 4 N–H and O–H groups in total. The van der Waals surface area contributed by atoms with Gasteiger partial charge in [-0.25, -0.2) is 19.2 Å². The van der Waals surface area contributed by atoms with Crippen molar-refractivity contribution in [3.8, 4) is 23.1 Å². The van der Waals surface area contributed by atoms with Crippen LogP contribution in [0.25, 0.3) is 21.9 Å². The fourth-order valence-electron chi connectivity index (χ4n) is 4.68. The van der Waals surface area contributed by atoms with Crippen LogP contribution in [0.4, 0.5) is 26.4 Å². The number of nitrogens with zero attached hydrogens (tertiary/aromatic N) is 3. The summed E-state index contributed by atoms with van der Waals surface area (Å²) in [5, 5.41) is 16.2. The average Bonchev–Trinajstić information content (AvgIpc) is 2.84. The van der Waals surface area contributed by atoms with E-state index in [4.69, 9.17) is 15.2 Å². The number of pyridine rings is 2. The van der Waals surface area contributed by atoms with Crippen LogP contribution in [0.5, 0.6) is 5.88 Å². The number of hydrogen-bond acceptors (Lipinski definition) is 8. The molecule has 0 atom stereocenters. The van der Waals surface area contributed by atoms with Crippen LogP contribution in [0.2, 0.25) is 0 Å². The highest BCUT2D eigenvalue weighted by atomic mass is 19.1. The van der Waals surface area contributed by atoms with Crippen LogP contribution in [-0.4, -0.2) is 35.3 Å². The molecule has 2 aliphatic rings. The predicted molar refractivity (Wildman–Crippen MR) is 134 cm³/mol. The van der Waals surface area contributed by atoms with Crippen molar-refractivity contribution in [2.24, 2.45) is 11.3 Å². The number of nitriles is 1. The lowest BCUT2D eigenvalue weighted by Crippen LogP contribution is -2.41. The minimum Gasteiger partial charge on any atom is -0.474 e. The third-order valence-electron chi connectivity index (χ3n) is 7.14. The maximum atomic E-state index is 15.3. The van der Waals surface area contributed by atoms with Crippen molar-refractivity contribution in [2.75, 3.05) is 29.5 Å². The number of benzene rings is 1. The molecule has 5 rings (SSSR count). The third kappa shape index (κ3) is 4.11. The number of carbonyl (C=O) groups excluding carboxylic acids is 1. The molecule has 1 aliphatic carbocycles. The molecular weight excluding hydrogens is 463 g/mol. The summed E-state index contributed by atoms with van der Waals surface area (Å²) in [6, 6.07) is 5.59. The molecule has 3 aromatic rings. The second-order valence-electron chi connectivity index (χ2n) is 9.85. The summed E-state index contributed by atoms with van der Waals surface area (Å²) in [5.41, 5.74) is 8.06. The van der Waals surface area contributed by atoms with Crippen molar-refractivity contribution in [2.45, 2.75) is 39.7 Å². The van der Waals surface area contributed by atoms with Crippen LogP contribution in [-0.2, 0) is 4.74 Å². The SMILES string of the molecule is Cc1c(-c2cc3cc(NC(=O)OC4CC(C(C)(C)C#N)C4)ncc3c(N)c2F)cnc2c1NCCO2. The number of fused-ring (bicyclic) bond motifs is 2. The Morgan fingerprint density at radius 2 is 2.08 bits per heavy atom. The van der Waals surface area contributed by atoms with E-state index in [1.54, 1.807) is 18.3 Å². The number of anilines is 3. The van der Waals surface area contributed by atoms with E-state index in [0.29, 0.717) is 53.8 Å². The maximum Gasteiger partial charge on any atom is 0.413 e. The molecule has 1 fully saturated rings. The Morgan fingerprint density at radius 3 is 2.83 bits per heavy atom. The zero-order valence-corrected chi connectivity index (χ0v) is 20.3. The number of nitrogens with two attached hydrogens (primary N) is 1. The van der Waals surface area contributed by atoms with E-state index in [-0.39, 0.29) is 23.5 Å². The van der Waals surface area contributed by atoms with Gasteiger partial charge in [-0.3, -0.25) is 5.32 Å². The molecule has 3 heterocycles. The Bertz CT molecular complexity index is 1410. The second-order valence-corrected chi connectivity index (χ2v) is 9.85. The molecule has 0 saturated heterocycles. The zero-order valence-electron chi connectivity index (χ0n) is 20.3. The van der Waals surface area contributed by atoms with Gasteiger partial charge in [0.25, 0.3) is 0 Å². The van der Waals surface area contributed by atoms with Gasteiger partial charge in [-0.05, 0) is 62.6 Å². The largest absolute Gasteiger partial charge is 0.474 e. The Labute approximate surface area is 207 Å². The van der Waals surface area contributed by atoms with Gasteiger partial charge in [-0.1, -0.05) is 0 Å². The van der Waals surface area contributed by atoms with Crippen LogP contribution >= 0.6 is 0 Å². The molecule has 1 aliphatic heterocycles. The average molecular weight is 491 g/mol. The molecule has 10 heteroatoms. The molecule has 1 aromatic carbocycles. The van der Waals surface area contributed by atoms with Gasteiger partial charge >= 0.3 is 6.09 Å². The molecule has 9 nitrogen and oxygen atoms in total. The quantitative estimate of drug-likeness (QED) is 0.435. The number of amides is 1. The van der Waals surface area contributed by atoms with Crippen molar-refractivity contribution in [3.05, 3.63) is 35.9 Å². The summed E-state index contributed by atoms with van der Waals surface area (Å²) in [5.74, 6) is 0.373. The number of hydrogen-bond donors (Lipinski definition) is 3. The molecule has 0 bridgehead atoms. The summed E-state index contributed by atoms with van der Waals surface area (Å²) in [4.78, 5) is 21.0. The fraction of sp³-hybridized carbons (Fsp3) is 0.385. The standard InChI is InChI=1S/C26H27FN6O3/c1-13-18(10-32-24-23(13)30-4-5-35-24)17-6-14-7-20(31-11-19(14)22(29)21(17)27)33-25(34)36-16-8-15(9-16)26(2,3)12-28/h6-7,10-11,15-16,30H,4-5,8-9,29H2,1-3H3,(H,31,33,34). The van der Waals surface area contributed by atoms with Crippen molar-refractivity contribution in [1.29, 1.82) is 5.26 Å². The molecular formula is C26H27FN6O3. The Morgan fingerprint density at radius 1 is 1.31 bits per heavy atom. The van der Waals surface area contributed by atoms with Crippen molar-refractivity contribution < 1.29 is 18.7 Å². The molecule has 0 spiro atoms. The lowest BCUT2D eigenvalue weighted by Gasteiger charge is -2.40. The monoisotopic (exact) mass is 490 g/mol. The van der Waals surface area contributed by atoms with Crippen molar-refractivity contribution in [3.63, 3.8) is 0 Å². The first-order valence-corrected chi connectivity index (χ1v) is 11.8. The van der Waals surface area contributed by atoms with E-state index in [9.17, 15) is 10.1 Å². The van der Waals surface area contributed by atoms with Gasteiger partial charge in [0, 0.05) is 35.5 Å². The summed E-state index contributed by atoms with van der Waals surface area (Å²) in [6.45, 7) is 6.80. The lowest BCUT2D eigenvalue weighted by molar-refractivity contribution is -0.00711. The van der Waals surface area contributed by atoms with E-state index in [0.717, 1.165) is 11.3 Å². The fourth-order valence-corrected chi connectivity index (χ4v) is 4.68. The Balaban J connectivity index is 1.38. The Hall–Kier alpha value is -4.13. The van der Waals surface area contributed by atoms with Gasteiger partial charge in [0.15, 0.2) is 5.82 Å². The number of aromatic nitrogens is 2. The van der Waals surface area contributed by atoms with Gasteiger partial charge in [0.2, 0.25) is 5.88 Å². The van der Waals surface area contributed by atoms with E-state index in [1.807, 2.05) is 20.8 Å². The molecule has 1 saturated carbocycles. The number of carbonyl (C=O) groups is 1. The van der Waals surface area contributed by atoms with E-state index < -0.39 is 17.3 Å². The minimum atomic E-state index is -0.629. The number of ether oxygens (including phenoxy) is 2. The predicted octanol–water partition coefficient (Wildman–Crippen LogP) is 5.01. The summed E-state index contributed by atoms with van der Waals surface area (Å²) < 4.78 is 26.4. The van der Waals surface area contributed by atoms with Crippen LogP contribution in [0, 0.1) is 35.4 Å². The zero-order chi connectivity index (χ0) is 25.6. The smallest absolute Gasteiger partial charge is 0.413 e. The van der Waals surface area contributed by atoms with Gasteiger partial charge in [-0.2, -0.15) is 5.26 Å². The molecule has 186 valence electrons. The first-order chi connectivity index (χ1) is 17.2. The van der Waals surface area contributed by atoms with Crippen LogP contribution < -0.4 is 21.1 Å². The number of nitrogen functional groups attached to an aromatic ring is 1. The molecule has 2 aromatic heterocycles. The van der Waals surface area contributed by atoms with Crippen LogP contribution in [0.3, 0.4) is 0 Å². The van der Waals surface area contributed by atoms with E-state index in [1.165, 1.54) is 6.20 Å². The molecule has 0 unspecified atom stereocenters. The number of rotatable bonds is 4. The lowest BCUT2D eigenvalue weighted by atomic mass is 9.66. The first kappa shape index (κ1) is 23.6. The van der Waals surface area contributed by atoms with Gasteiger partial charge in [0.05, 0.1) is 17.2 Å². The first-order valence-electron chi connectivity index (χ1n) is 11.8. The summed E-state index contributed by atoms with van der Waals surface area (Å²) in [6.07, 6.45) is 3.42. The summed E-state index contributed by atoms with van der Waals surface area (Å²) >= 11 is 0. The topological polar surface area (TPSA) is 135 Å². The highest BCUT2D eigenvalue weighted by Gasteiger charge is 2.42. The Kier molecular flexibility index (Phi) is 5.79. The number of halogens is 1. The van der Waals surface area contributed by atoms with Crippen LogP contribution in [0.1, 0.15) is 32.3 Å².